The molecule has 0 spiro atoms. The van der Waals surface area contributed by atoms with Gasteiger partial charge in [-0.15, -0.1) is 0 Å². The highest BCUT2D eigenvalue weighted by Gasteiger charge is 2.18. The topological polar surface area (TPSA) is 40.5 Å². The lowest BCUT2D eigenvalue weighted by Gasteiger charge is -2.28. The molecule has 0 fully saturated rings. The first-order chi connectivity index (χ1) is 9.47. The molecule has 0 saturated heterocycles. The van der Waals surface area contributed by atoms with Gasteiger partial charge in [0.2, 0.25) is 0 Å². The third-order valence-corrected chi connectivity index (χ3v) is 3.94. The van der Waals surface area contributed by atoms with E-state index < -0.39 is 11.9 Å². The van der Waals surface area contributed by atoms with Crippen molar-refractivity contribution in [3.63, 3.8) is 0 Å². The summed E-state index contributed by atoms with van der Waals surface area (Å²) < 4.78 is 0. The molecule has 0 bridgehead atoms. The van der Waals surface area contributed by atoms with Crippen molar-refractivity contribution in [2.45, 2.75) is 40.0 Å². The smallest absolute Gasteiger partial charge is 0.308 e. The van der Waals surface area contributed by atoms with E-state index in [1.807, 2.05) is 25.1 Å². The normalized spacial score (nSPS) is 12.2. The van der Waals surface area contributed by atoms with E-state index in [1.165, 1.54) is 0 Å². The number of aliphatic carboxylic acids is 1. The Kier molecular flexibility index (Phi) is 6.86. The Labute approximate surface area is 126 Å². The minimum Gasteiger partial charge on any atom is -0.481 e. The summed E-state index contributed by atoms with van der Waals surface area (Å²) in [6, 6.07) is 5.80. The van der Waals surface area contributed by atoms with E-state index in [0.717, 1.165) is 42.1 Å². The van der Waals surface area contributed by atoms with Crippen LogP contribution in [0.2, 0.25) is 5.02 Å². The predicted octanol–water partition coefficient (Wildman–Crippen LogP) is 4.37. The van der Waals surface area contributed by atoms with Crippen LogP contribution in [0.3, 0.4) is 0 Å². The van der Waals surface area contributed by atoms with Crippen molar-refractivity contribution in [1.82, 2.24) is 0 Å². The van der Waals surface area contributed by atoms with Crippen LogP contribution in [0.1, 0.15) is 38.7 Å². The Morgan fingerprint density at radius 3 is 2.70 bits per heavy atom. The van der Waals surface area contributed by atoms with Crippen LogP contribution in [-0.4, -0.2) is 24.2 Å². The monoisotopic (exact) mass is 297 g/mol. The fourth-order valence-corrected chi connectivity index (χ4v) is 2.38. The first-order valence-electron chi connectivity index (χ1n) is 7.20. The molecule has 0 heterocycles. The summed E-state index contributed by atoms with van der Waals surface area (Å²) in [5.74, 6) is -1.15. The summed E-state index contributed by atoms with van der Waals surface area (Å²) in [5, 5.41) is 9.85. The molecule has 1 N–H and O–H groups in total. The summed E-state index contributed by atoms with van der Waals surface area (Å²) in [7, 11) is 0. The molecular weight excluding hydrogens is 274 g/mol. The quantitative estimate of drug-likeness (QED) is 0.725. The summed E-state index contributed by atoms with van der Waals surface area (Å²) >= 11 is 6.18. The largest absolute Gasteiger partial charge is 0.481 e. The zero-order valence-electron chi connectivity index (χ0n) is 12.5. The first kappa shape index (κ1) is 16.8. The van der Waals surface area contributed by atoms with Crippen molar-refractivity contribution in [1.29, 1.82) is 0 Å². The van der Waals surface area contributed by atoms with Crippen LogP contribution < -0.4 is 4.90 Å². The predicted molar refractivity (Wildman–Crippen MR) is 84.7 cm³/mol. The van der Waals surface area contributed by atoms with Gasteiger partial charge in [-0.1, -0.05) is 44.4 Å². The van der Waals surface area contributed by atoms with Gasteiger partial charge in [0, 0.05) is 23.8 Å². The van der Waals surface area contributed by atoms with E-state index in [-0.39, 0.29) is 0 Å². The second kappa shape index (κ2) is 8.15. The highest BCUT2D eigenvalue weighted by Crippen LogP contribution is 2.27. The number of carboxylic acids is 1. The molecule has 0 aliphatic carbocycles. The van der Waals surface area contributed by atoms with Crippen LogP contribution in [0.15, 0.2) is 18.2 Å². The molecule has 0 aliphatic heterocycles. The number of nitrogens with zero attached hydrogens (tertiary/aromatic N) is 1. The number of benzene rings is 1. The molecular formula is C16H24ClNO2. The zero-order chi connectivity index (χ0) is 15.1. The van der Waals surface area contributed by atoms with Gasteiger partial charge in [0.25, 0.3) is 0 Å². The lowest BCUT2D eigenvalue weighted by atomic mass is 10.1. The molecule has 1 atom stereocenters. The number of rotatable bonds is 8. The van der Waals surface area contributed by atoms with Gasteiger partial charge in [0.05, 0.1) is 5.92 Å². The second-order valence-corrected chi connectivity index (χ2v) is 5.68. The van der Waals surface area contributed by atoms with Crippen molar-refractivity contribution in [3.05, 3.63) is 28.8 Å². The molecule has 0 aromatic heterocycles. The van der Waals surface area contributed by atoms with Gasteiger partial charge in [-0.3, -0.25) is 4.79 Å². The molecule has 0 radical (unpaired) electrons. The summed E-state index contributed by atoms with van der Waals surface area (Å²) in [6.07, 6.45) is 3.36. The molecule has 0 saturated carbocycles. The summed E-state index contributed by atoms with van der Waals surface area (Å²) in [5.41, 5.74) is 2.06. The number of carbonyl (C=O) groups is 1. The van der Waals surface area contributed by atoms with Gasteiger partial charge < -0.3 is 10.0 Å². The minimum absolute atomic E-state index is 0.394. The van der Waals surface area contributed by atoms with Gasteiger partial charge in [-0.05, 0) is 31.0 Å². The van der Waals surface area contributed by atoms with Crippen LogP contribution in [0, 0.1) is 12.8 Å². The van der Waals surface area contributed by atoms with Crippen molar-refractivity contribution in [2.75, 3.05) is 18.0 Å². The van der Waals surface area contributed by atoms with Crippen molar-refractivity contribution in [3.8, 4) is 0 Å². The minimum atomic E-state index is -0.759. The molecule has 1 unspecified atom stereocenters. The lowest BCUT2D eigenvalue weighted by molar-refractivity contribution is -0.140. The van der Waals surface area contributed by atoms with Gasteiger partial charge >= 0.3 is 5.97 Å². The Balaban J connectivity index is 2.90. The van der Waals surface area contributed by atoms with E-state index >= 15 is 0 Å². The lowest BCUT2D eigenvalue weighted by Crippen LogP contribution is -2.33. The third kappa shape index (κ3) is 4.71. The fourth-order valence-electron chi connectivity index (χ4n) is 2.21. The van der Waals surface area contributed by atoms with E-state index in [0.29, 0.717) is 6.54 Å². The number of carboxylic acid groups (broad SMARTS) is 1. The molecule has 20 heavy (non-hydrogen) atoms. The van der Waals surface area contributed by atoms with Crippen LogP contribution in [0.4, 0.5) is 5.69 Å². The molecule has 1 rings (SSSR count). The number of hydrogen-bond acceptors (Lipinski definition) is 2. The molecule has 0 amide bonds. The van der Waals surface area contributed by atoms with Gasteiger partial charge in [0.1, 0.15) is 0 Å². The average Bonchev–Trinajstić information content (AvgIpc) is 2.41. The van der Waals surface area contributed by atoms with E-state index in [9.17, 15) is 4.79 Å². The molecule has 112 valence electrons. The maximum absolute atomic E-state index is 11.1. The van der Waals surface area contributed by atoms with Gasteiger partial charge in [-0.2, -0.15) is 0 Å². The maximum atomic E-state index is 11.1. The fraction of sp³-hybridized carbons (Fsp3) is 0.562. The Morgan fingerprint density at radius 2 is 2.10 bits per heavy atom. The van der Waals surface area contributed by atoms with Crippen molar-refractivity contribution in [2.24, 2.45) is 5.92 Å². The second-order valence-electron chi connectivity index (χ2n) is 5.28. The Hall–Kier alpha value is -1.22. The number of unbranched alkanes of at least 4 members (excludes halogenated alkanes) is 2. The third-order valence-electron chi connectivity index (χ3n) is 3.53. The average molecular weight is 298 g/mol. The molecule has 3 nitrogen and oxygen atoms in total. The van der Waals surface area contributed by atoms with Crippen LogP contribution in [-0.2, 0) is 4.79 Å². The highest BCUT2D eigenvalue weighted by atomic mass is 35.5. The first-order valence-corrected chi connectivity index (χ1v) is 7.58. The zero-order valence-corrected chi connectivity index (χ0v) is 13.3. The molecule has 1 aromatic rings. The van der Waals surface area contributed by atoms with E-state index in [4.69, 9.17) is 16.7 Å². The summed E-state index contributed by atoms with van der Waals surface area (Å²) in [6.45, 7) is 7.27. The van der Waals surface area contributed by atoms with E-state index in [1.54, 1.807) is 6.92 Å². The van der Waals surface area contributed by atoms with Gasteiger partial charge in [0.15, 0.2) is 0 Å². The SMILES string of the molecule is CCCCCN(CC(C)C(=O)O)c1cccc(Cl)c1C. The Bertz CT molecular complexity index is 448. The highest BCUT2D eigenvalue weighted by molar-refractivity contribution is 6.31. The molecule has 4 heteroatoms. The molecule has 0 aliphatic rings. The van der Waals surface area contributed by atoms with Crippen LogP contribution >= 0.6 is 11.6 Å². The van der Waals surface area contributed by atoms with Crippen LogP contribution in [0.5, 0.6) is 0 Å². The molecule has 1 aromatic carbocycles. The Morgan fingerprint density at radius 1 is 1.40 bits per heavy atom. The van der Waals surface area contributed by atoms with Crippen LogP contribution in [0.25, 0.3) is 0 Å². The van der Waals surface area contributed by atoms with Gasteiger partial charge in [-0.25, -0.2) is 0 Å². The summed E-state index contributed by atoms with van der Waals surface area (Å²) in [4.78, 5) is 13.2. The van der Waals surface area contributed by atoms with E-state index in [2.05, 4.69) is 11.8 Å². The number of hydrogen-bond donors (Lipinski definition) is 1. The van der Waals surface area contributed by atoms with Crippen molar-refractivity contribution >= 4 is 23.3 Å². The number of halogens is 1. The standard InChI is InChI=1S/C16H24ClNO2/c1-4-5-6-10-18(11-12(2)16(19)20)15-9-7-8-14(17)13(15)3/h7-9,12H,4-6,10-11H2,1-3H3,(H,19,20). The maximum Gasteiger partial charge on any atom is 0.308 e. The van der Waals surface area contributed by atoms with Crippen molar-refractivity contribution < 1.29 is 9.90 Å². The number of anilines is 1.